The van der Waals surface area contributed by atoms with Gasteiger partial charge in [0.15, 0.2) is 0 Å². The first-order valence-electron chi connectivity index (χ1n) is 7.35. The molecule has 8 heteroatoms. The van der Waals surface area contributed by atoms with Gasteiger partial charge in [0.2, 0.25) is 11.8 Å². The zero-order valence-electron chi connectivity index (χ0n) is 12.3. The predicted molar refractivity (Wildman–Crippen MR) is 73.7 cm³/mol. The van der Waals surface area contributed by atoms with Crippen LogP contribution in [0.15, 0.2) is 4.42 Å². The number of ether oxygens (including phenoxy) is 1. The number of carbonyl (C=O) groups is 1. The highest BCUT2D eigenvalue weighted by atomic mass is 16.5. The van der Waals surface area contributed by atoms with E-state index >= 15 is 0 Å². The monoisotopic (exact) mass is 295 g/mol. The molecule has 8 nitrogen and oxygen atoms in total. The van der Waals surface area contributed by atoms with Crippen LogP contribution in [0, 0.1) is 6.92 Å². The second kappa shape index (κ2) is 6.40. The van der Waals surface area contributed by atoms with Gasteiger partial charge in [0.25, 0.3) is 0 Å². The summed E-state index contributed by atoms with van der Waals surface area (Å²) in [5.74, 6) is 1.23. The summed E-state index contributed by atoms with van der Waals surface area (Å²) < 4.78 is 10.7. The zero-order chi connectivity index (χ0) is 14.7. The van der Waals surface area contributed by atoms with Gasteiger partial charge in [0.1, 0.15) is 0 Å². The Labute approximate surface area is 123 Å². The number of piperazine rings is 1. The molecule has 2 aliphatic heterocycles. The van der Waals surface area contributed by atoms with Crippen LogP contribution in [0.25, 0.3) is 0 Å². The van der Waals surface area contributed by atoms with E-state index in [9.17, 15) is 4.79 Å². The third-order valence-corrected chi connectivity index (χ3v) is 3.85. The second-order valence-corrected chi connectivity index (χ2v) is 5.36. The second-order valence-electron chi connectivity index (χ2n) is 5.36. The predicted octanol–water partition coefficient (Wildman–Crippen LogP) is -0.0522. The van der Waals surface area contributed by atoms with Crippen molar-refractivity contribution >= 4 is 6.03 Å². The van der Waals surface area contributed by atoms with Crippen LogP contribution in [0.4, 0.5) is 4.79 Å². The van der Waals surface area contributed by atoms with E-state index in [1.165, 1.54) is 0 Å². The van der Waals surface area contributed by atoms with Crippen LogP contribution in [0.2, 0.25) is 0 Å². The Morgan fingerprint density at radius 1 is 1.05 bits per heavy atom. The molecule has 2 aliphatic rings. The fourth-order valence-corrected chi connectivity index (χ4v) is 2.64. The van der Waals surface area contributed by atoms with Crippen molar-refractivity contribution in [1.29, 1.82) is 0 Å². The maximum Gasteiger partial charge on any atom is 0.320 e. The summed E-state index contributed by atoms with van der Waals surface area (Å²) in [5.41, 5.74) is 0. The van der Waals surface area contributed by atoms with Gasteiger partial charge < -0.3 is 19.0 Å². The van der Waals surface area contributed by atoms with Crippen molar-refractivity contribution in [2.45, 2.75) is 13.5 Å². The van der Waals surface area contributed by atoms with Crippen molar-refractivity contribution in [3.63, 3.8) is 0 Å². The highest BCUT2D eigenvalue weighted by Gasteiger charge is 2.26. The van der Waals surface area contributed by atoms with Gasteiger partial charge >= 0.3 is 6.03 Å². The lowest BCUT2D eigenvalue weighted by Crippen LogP contribution is -2.54. The molecule has 0 radical (unpaired) electrons. The number of hydrogen-bond acceptors (Lipinski definition) is 6. The molecule has 1 aromatic heterocycles. The first-order valence-corrected chi connectivity index (χ1v) is 7.35. The molecule has 0 bridgehead atoms. The van der Waals surface area contributed by atoms with Gasteiger partial charge in [-0.25, -0.2) is 4.79 Å². The lowest BCUT2D eigenvalue weighted by atomic mass is 10.3. The number of aromatic nitrogens is 2. The van der Waals surface area contributed by atoms with Gasteiger partial charge in [0, 0.05) is 46.2 Å². The molecule has 1 aromatic rings. The average Bonchev–Trinajstić information content (AvgIpc) is 2.93. The zero-order valence-corrected chi connectivity index (χ0v) is 12.3. The summed E-state index contributed by atoms with van der Waals surface area (Å²) in [6, 6.07) is 0.131. The lowest BCUT2D eigenvalue weighted by molar-refractivity contribution is 0.0368. The highest BCUT2D eigenvalue weighted by molar-refractivity contribution is 5.74. The van der Waals surface area contributed by atoms with Gasteiger partial charge in [-0.1, -0.05) is 0 Å². The Bertz CT molecular complexity index is 478. The van der Waals surface area contributed by atoms with Crippen LogP contribution in [0.5, 0.6) is 0 Å². The number of morpholine rings is 1. The molecule has 0 unspecified atom stereocenters. The largest absolute Gasteiger partial charge is 0.424 e. The number of amides is 2. The van der Waals surface area contributed by atoms with Crippen LogP contribution >= 0.6 is 0 Å². The van der Waals surface area contributed by atoms with E-state index in [1.807, 2.05) is 9.80 Å². The molecule has 116 valence electrons. The summed E-state index contributed by atoms with van der Waals surface area (Å²) in [7, 11) is 0. The summed E-state index contributed by atoms with van der Waals surface area (Å²) in [6.07, 6.45) is 0. The molecule has 0 saturated carbocycles. The van der Waals surface area contributed by atoms with Crippen molar-refractivity contribution < 1.29 is 13.9 Å². The molecule has 21 heavy (non-hydrogen) atoms. The number of carbonyl (C=O) groups excluding carboxylic acids is 1. The van der Waals surface area contributed by atoms with Crippen molar-refractivity contribution in [2.75, 3.05) is 52.5 Å². The van der Waals surface area contributed by atoms with E-state index in [1.54, 1.807) is 6.92 Å². The Kier molecular flexibility index (Phi) is 4.35. The van der Waals surface area contributed by atoms with Crippen LogP contribution in [-0.2, 0) is 11.3 Å². The maximum atomic E-state index is 12.4. The summed E-state index contributed by atoms with van der Waals surface area (Å²) >= 11 is 0. The molecule has 2 amide bonds. The summed E-state index contributed by atoms with van der Waals surface area (Å²) in [6.45, 7) is 8.25. The lowest BCUT2D eigenvalue weighted by Gasteiger charge is -2.38. The van der Waals surface area contributed by atoms with E-state index in [2.05, 4.69) is 15.1 Å². The van der Waals surface area contributed by atoms with Gasteiger partial charge in [-0.05, 0) is 0 Å². The fraction of sp³-hybridized carbons (Fsp3) is 0.769. The molecular formula is C13H21N5O3. The smallest absolute Gasteiger partial charge is 0.320 e. The molecule has 2 saturated heterocycles. The van der Waals surface area contributed by atoms with Crippen LogP contribution in [0.1, 0.15) is 11.8 Å². The summed E-state index contributed by atoms with van der Waals surface area (Å²) in [5, 5.41) is 7.84. The van der Waals surface area contributed by atoms with Crippen LogP contribution in [-0.4, -0.2) is 83.4 Å². The summed E-state index contributed by atoms with van der Waals surface area (Å²) in [4.78, 5) is 18.4. The molecule has 2 fully saturated rings. The Morgan fingerprint density at radius 2 is 1.71 bits per heavy atom. The molecule has 0 aliphatic carbocycles. The Morgan fingerprint density at radius 3 is 2.33 bits per heavy atom. The normalized spacial score (nSPS) is 20.8. The van der Waals surface area contributed by atoms with Crippen LogP contribution < -0.4 is 0 Å². The molecular weight excluding hydrogens is 274 g/mol. The van der Waals surface area contributed by atoms with Crippen LogP contribution in [0.3, 0.4) is 0 Å². The third-order valence-electron chi connectivity index (χ3n) is 3.85. The quantitative estimate of drug-likeness (QED) is 0.761. The third kappa shape index (κ3) is 3.51. The van der Waals surface area contributed by atoms with Crippen molar-refractivity contribution in [3.8, 4) is 0 Å². The van der Waals surface area contributed by atoms with Crippen molar-refractivity contribution in [2.24, 2.45) is 0 Å². The first kappa shape index (κ1) is 14.3. The van der Waals surface area contributed by atoms with Gasteiger partial charge in [-0.2, -0.15) is 0 Å². The van der Waals surface area contributed by atoms with E-state index < -0.39 is 0 Å². The molecule has 0 atom stereocenters. The highest BCUT2D eigenvalue weighted by Crippen LogP contribution is 2.10. The number of urea groups is 1. The topological polar surface area (TPSA) is 74.9 Å². The molecule has 0 aromatic carbocycles. The Balaban J connectivity index is 1.47. The number of rotatable bonds is 2. The molecule has 3 rings (SSSR count). The molecule has 0 spiro atoms. The SMILES string of the molecule is Cc1nnc(CN2CCN(C(=O)N3CCOCC3)CC2)o1. The van der Waals surface area contributed by atoms with Gasteiger partial charge in [-0.15, -0.1) is 10.2 Å². The van der Waals surface area contributed by atoms with Crippen molar-refractivity contribution in [1.82, 2.24) is 24.9 Å². The standard InChI is InChI=1S/C13H21N5O3/c1-11-14-15-12(21-11)10-16-2-4-17(5-3-16)13(19)18-6-8-20-9-7-18/h2-10H2,1H3. The van der Waals surface area contributed by atoms with Crippen molar-refractivity contribution in [3.05, 3.63) is 11.8 Å². The minimum atomic E-state index is 0.131. The molecule has 3 heterocycles. The van der Waals surface area contributed by atoms with Gasteiger partial charge in [-0.3, -0.25) is 4.90 Å². The first-order chi connectivity index (χ1) is 10.2. The average molecular weight is 295 g/mol. The van der Waals surface area contributed by atoms with E-state index in [-0.39, 0.29) is 6.03 Å². The van der Waals surface area contributed by atoms with E-state index in [0.717, 1.165) is 26.2 Å². The van der Waals surface area contributed by atoms with E-state index in [0.29, 0.717) is 44.6 Å². The number of aryl methyl sites for hydroxylation is 1. The minimum absolute atomic E-state index is 0.131. The Hall–Kier alpha value is -1.67. The molecule has 0 N–H and O–H groups in total. The number of hydrogen-bond donors (Lipinski definition) is 0. The van der Waals surface area contributed by atoms with E-state index in [4.69, 9.17) is 9.15 Å². The fourth-order valence-electron chi connectivity index (χ4n) is 2.64. The number of nitrogens with zero attached hydrogens (tertiary/aromatic N) is 5. The maximum absolute atomic E-state index is 12.4. The van der Waals surface area contributed by atoms with Gasteiger partial charge in [0.05, 0.1) is 19.8 Å². The minimum Gasteiger partial charge on any atom is -0.424 e.